The van der Waals surface area contributed by atoms with Gasteiger partial charge in [0.05, 0.1) is 16.5 Å². The van der Waals surface area contributed by atoms with Crippen LogP contribution in [0, 0.1) is 0 Å². The second kappa shape index (κ2) is 4.04. The molecule has 1 aromatic rings. The lowest BCUT2D eigenvalue weighted by Crippen LogP contribution is -2.50. The zero-order valence-corrected chi connectivity index (χ0v) is 9.64. The van der Waals surface area contributed by atoms with Crippen LogP contribution in [-0.2, 0) is 6.54 Å². The van der Waals surface area contributed by atoms with Gasteiger partial charge in [0, 0.05) is 19.1 Å². The molecule has 0 spiro atoms. The second-order valence-electron chi connectivity index (χ2n) is 3.21. The first-order chi connectivity index (χ1) is 6.29. The van der Waals surface area contributed by atoms with Gasteiger partial charge in [-0.15, -0.1) is 11.3 Å². The molecule has 13 heavy (non-hydrogen) atoms. The van der Waals surface area contributed by atoms with Gasteiger partial charge in [-0.3, -0.25) is 4.90 Å². The maximum atomic E-state index is 5.62. The van der Waals surface area contributed by atoms with E-state index in [1.807, 2.05) is 6.20 Å². The predicted octanol–water partition coefficient (Wildman–Crippen LogP) is 1.44. The van der Waals surface area contributed by atoms with Crippen LogP contribution >= 0.6 is 27.3 Å². The van der Waals surface area contributed by atoms with Crippen molar-refractivity contribution in [2.75, 3.05) is 13.1 Å². The van der Waals surface area contributed by atoms with E-state index in [9.17, 15) is 0 Å². The number of hydrogen-bond donors (Lipinski definition) is 1. The molecule has 1 aliphatic heterocycles. The molecular weight excluding hydrogens is 250 g/mol. The average molecular weight is 262 g/mol. The highest BCUT2D eigenvalue weighted by molar-refractivity contribution is 9.11. The van der Waals surface area contributed by atoms with Crippen molar-refractivity contribution in [3.05, 3.63) is 15.0 Å². The first-order valence-corrected chi connectivity index (χ1v) is 5.95. The molecule has 0 aliphatic carbocycles. The summed E-state index contributed by atoms with van der Waals surface area (Å²) in [6, 6.07) is 0.586. The number of rotatable bonds is 3. The number of nitrogens with zero attached hydrogens (tertiary/aromatic N) is 2. The van der Waals surface area contributed by atoms with Gasteiger partial charge >= 0.3 is 0 Å². The van der Waals surface area contributed by atoms with Crippen LogP contribution in [0.1, 0.15) is 11.4 Å². The van der Waals surface area contributed by atoms with E-state index in [1.54, 1.807) is 11.3 Å². The summed E-state index contributed by atoms with van der Waals surface area (Å²) in [5.74, 6) is 0. The zero-order chi connectivity index (χ0) is 9.26. The van der Waals surface area contributed by atoms with Crippen LogP contribution in [0.2, 0.25) is 0 Å². The molecule has 1 saturated heterocycles. The SMILES string of the molecule is NCC1CCN1Cc1ncc(Br)s1. The van der Waals surface area contributed by atoms with Crippen molar-refractivity contribution in [3.63, 3.8) is 0 Å². The predicted molar refractivity (Wildman–Crippen MR) is 57.7 cm³/mol. The summed E-state index contributed by atoms with van der Waals surface area (Å²) in [5.41, 5.74) is 5.62. The standard InChI is InChI=1S/C8H12BrN3S/c9-7-4-11-8(13-7)5-12-2-1-6(12)3-10/h4,6H,1-3,5,10H2. The van der Waals surface area contributed by atoms with Crippen LogP contribution in [0.25, 0.3) is 0 Å². The Morgan fingerprint density at radius 1 is 1.77 bits per heavy atom. The minimum atomic E-state index is 0.586. The van der Waals surface area contributed by atoms with Crippen LogP contribution in [0.3, 0.4) is 0 Å². The van der Waals surface area contributed by atoms with Crippen molar-refractivity contribution < 1.29 is 0 Å². The molecular formula is C8H12BrN3S. The zero-order valence-electron chi connectivity index (χ0n) is 7.24. The van der Waals surface area contributed by atoms with Gasteiger partial charge in [-0.05, 0) is 22.4 Å². The van der Waals surface area contributed by atoms with E-state index in [2.05, 4.69) is 25.8 Å². The third kappa shape index (κ3) is 2.10. The lowest BCUT2D eigenvalue weighted by molar-refractivity contribution is 0.0881. The molecule has 2 rings (SSSR count). The molecule has 0 bridgehead atoms. The van der Waals surface area contributed by atoms with Crippen molar-refractivity contribution >= 4 is 27.3 Å². The van der Waals surface area contributed by atoms with Gasteiger partial charge in [0.15, 0.2) is 0 Å². The molecule has 0 aromatic carbocycles. The van der Waals surface area contributed by atoms with Gasteiger partial charge in [0.25, 0.3) is 0 Å². The van der Waals surface area contributed by atoms with Gasteiger partial charge < -0.3 is 5.73 Å². The van der Waals surface area contributed by atoms with Crippen molar-refractivity contribution in [1.29, 1.82) is 0 Å². The summed E-state index contributed by atoms with van der Waals surface area (Å²) in [6.45, 7) is 2.89. The highest BCUT2D eigenvalue weighted by Gasteiger charge is 2.26. The fraction of sp³-hybridized carbons (Fsp3) is 0.625. The van der Waals surface area contributed by atoms with Crippen molar-refractivity contribution in [2.45, 2.75) is 19.0 Å². The Kier molecular flexibility index (Phi) is 2.98. The lowest BCUT2D eigenvalue weighted by Gasteiger charge is -2.39. The topological polar surface area (TPSA) is 42.1 Å². The number of hydrogen-bond acceptors (Lipinski definition) is 4. The molecule has 3 nitrogen and oxygen atoms in total. The fourth-order valence-electron chi connectivity index (χ4n) is 1.50. The van der Waals surface area contributed by atoms with E-state index >= 15 is 0 Å². The summed E-state index contributed by atoms with van der Waals surface area (Å²) >= 11 is 5.11. The maximum absolute atomic E-state index is 5.62. The largest absolute Gasteiger partial charge is 0.329 e. The van der Waals surface area contributed by atoms with E-state index in [-0.39, 0.29) is 0 Å². The van der Waals surface area contributed by atoms with Gasteiger partial charge in [0.1, 0.15) is 5.01 Å². The Labute approximate surface area is 90.1 Å². The smallest absolute Gasteiger partial charge is 0.108 e. The van der Waals surface area contributed by atoms with Crippen LogP contribution in [0.15, 0.2) is 9.98 Å². The molecule has 72 valence electrons. The van der Waals surface area contributed by atoms with Crippen molar-refractivity contribution in [2.24, 2.45) is 5.73 Å². The molecule has 5 heteroatoms. The molecule has 2 heterocycles. The number of thiazole rings is 1. The third-order valence-corrected chi connectivity index (χ3v) is 3.86. The van der Waals surface area contributed by atoms with E-state index in [1.165, 1.54) is 18.0 Å². The summed E-state index contributed by atoms with van der Waals surface area (Å²) in [6.07, 6.45) is 3.10. The number of nitrogens with two attached hydrogens (primary N) is 1. The lowest BCUT2D eigenvalue weighted by atomic mass is 10.0. The molecule has 1 aromatic heterocycles. The van der Waals surface area contributed by atoms with Gasteiger partial charge in [-0.25, -0.2) is 4.98 Å². The molecule has 2 N–H and O–H groups in total. The summed E-state index contributed by atoms with van der Waals surface area (Å²) in [7, 11) is 0. The summed E-state index contributed by atoms with van der Waals surface area (Å²) < 4.78 is 1.10. The quantitative estimate of drug-likeness (QED) is 0.896. The highest BCUT2D eigenvalue weighted by atomic mass is 79.9. The van der Waals surface area contributed by atoms with Gasteiger partial charge in [-0.2, -0.15) is 0 Å². The minimum Gasteiger partial charge on any atom is -0.329 e. The van der Waals surface area contributed by atoms with Crippen LogP contribution in [0.4, 0.5) is 0 Å². The fourth-order valence-corrected chi connectivity index (χ4v) is 2.83. The Bertz CT molecular complexity index is 287. The monoisotopic (exact) mass is 261 g/mol. The molecule has 0 amide bonds. The summed E-state index contributed by atoms with van der Waals surface area (Å²) in [5, 5.41) is 1.17. The Morgan fingerprint density at radius 3 is 3.08 bits per heavy atom. The molecule has 1 atom stereocenters. The van der Waals surface area contributed by atoms with E-state index in [0.717, 1.165) is 16.9 Å². The number of likely N-dealkylation sites (tertiary alicyclic amines) is 1. The average Bonchev–Trinajstić information content (AvgIpc) is 2.46. The van der Waals surface area contributed by atoms with Crippen LogP contribution in [-0.4, -0.2) is 29.0 Å². The Balaban J connectivity index is 1.91. The molecule has 0 saturated carbocycles. The van der Waals surface area contributed by atoms with Crippen molar-refractivity contribution in [3.8, 4) is 0 Å². The molecule has 1 aliphatic rings. The molecule has 1 unspecified atom stereocenters. The van der Waals surface area contributed by atoms with Crippen molar-refractivity contribution in [1.82, 2.24) is 9.88 Å². The van der Waals surface area contributed by atoms with Gasteiger partial charge in [-0.1, -0.05) is 0 Å². The van der Waals surface area contributed by atoms with E-state index in [4.69, 9.17) is 5.73 Å². The summed E-state index contributed by atoms with van der Waals surface area (Å²) in [4.78, 5) is 6.68. The highest BCUT2D eigenvalue weighted by Crippen LogP contribution is 2.24. The van der Waals surface area contributed by atoms with Crippen LogP contribution < -0.4 is 5.73 Å². The Hall–Kier alpha value is 0.0300. The normalized spacial score (nSPS) is 23.1. The number of aromatic nitrogens is 1. The first-order valence-electron chi connectivity index (χ1n) is 4.34. The minimum absolute atomic E-state index is 0.586. The Morgan fingerprint density at radius 2 is 2.62 bits per heavy atom. The molecule has 1 fully saturated rings. The van der Waals surface area contributed by atoms with E-state index < -0.39 is 0 Å². The first kappa shape index (κ1) is 9.58. The van der Waals surface area contributed by atoms with Crippen LogP contribution in [0.5, 0.6) is 0 Å². The number of halogens is 1. The second-order valence-corrected chi connectivity index (χ2v) is 5.70. The van der Waals surface area contributed by atoms with E-state index in [0.29, 0.717) is 6.04 Å². The molecule has 0 radical (unpaired) electrons. The van der Waals surface area contributed by atoms with Gasteiger partial charge in [0.2, 0.25) is 0 Å². The maximum Gasteiger partial charge on any atom is 0.108 e. The third-order valence-electron chi connectivity index (χ3n) is 2.40.